The van der Waals surface area contributed by atoms with Gasteiger partial charge < -0.3 is 14.7 Å². The van der Waals surface area contributed by atoms with Gasteiger partial charge >= 0.3 is 5.97 Å². The molecule has 1 aromatic carbocycles. The Labute approximate surface area is 227 Å². The van der Waals surface area contributed by atoms with Gasteiger partial charge in [-0.15, -0.1) is 0 Å². The highest BCUT2D eigenvalue weighted by molar-refractivity contribution is 6.01. The molecule has 0 spiro atoms. The fourth-order valence-electron chi connectivity index (χ4n) is 9.41. The monoisotopic (exact) mass is 539 g/mol. The lowest BCUT2D eigenvalue weighted by Crippen LogP contribution is -2.69. The molecule has 0 bridgehead atoms. The number of alkyl halides is 2. The van der Waals surface area contributed by atoms with Crippen LogP contribution in [-0.2, 0) is 19.1 Å². The van der Waals surface area contributed by atoms with Crippen LogP contribution in [0.25, 0.3) is 0 Å². The van der Waals surface area contributed by atoms with E-state index in [1.807, 2.05) is 37.3 Å². The fourth-order valence-corrected chi connectivity index (χ4v) is 9.41. The minimum atomic E-state index is -2.19. The highest BCUT2D eigenvalue weighted by Crippen LogP contribution is 2.74. The average molecular weight is 540 g/mol. The number of rotatable bonds is 4. The highest BCUT2D eigenvalue weighted by Gasteiger charge is 2.78. The zero-order chi connectivity index (χ0) is 28.0. The first-order valence-corrected chi connectivity index (χ1v) is 13.8. The molecule has 6 rings (SSSR count). The second-order valence-corrected chi connectivity index (χ2v) is 12.7. The predicted molar refractivity (Wildman–Crippen MR) is 140 cm³/mol. The number of carbonyl (C=O) groups excluding carboxylic acids is 3. The summed E-state index contributed by atoms with van der Waals surface area (Å²) < 4.78 is 38.5. The Hall–Kier alpha value is -2.87. The number of benzene rings is 1. The molecule has 5 aliphatic rings. The molecule has 0 amide bonds. The van der Waals surface area contributed by atoms with Gasteiger partial charge in [0.2, 0.25) is 0 Å². The van der Waals surface area contributed by atoms with E-state index < -0.39 is 46.1 Å². The Morgan fingerprint density at radius 1 is 1.15 bits per heavy atom. The van der Waals surface area contributed by atoms with Crippen molar-refractivity contribution in [3.8, 4) is 0 Å². The van der Waals surface area contributed by atoms with Crippen LogP contribution < -0.4 is 4.90 Å². The van der Waals surface area contributed by atoms with E-state index in [2.05, 4.69) is 4.90 Å². The summed E-state index contributed by atoms with van der Waals surface area (Å²) in [6.45, 7) is 5.30. The van der Waals surface area contributed by atoms with Crippen molar-refractivity contribution in [1.82, 2.24) is 0 Å². The first-order valence-electron chi connectivity index (χ1n) is 13.8. The molecule has 1 saturated heterocycles. The van der Waals surface area contributed by atoms with E-state index >= 15 is 8.78 Å². The molecule has 4 fully saturated rings. The third-order valence-corrected chi connectivity index (χ3v) is 11.2. The number of aliphatic hydroxyl groups is 1. The van der Waals surface area contributed by atoms with Gasteiger partial charge in [-0.1, -0.05) is 31.2 Å². The molecule has 39 heavy (non-hydrogen) atoms. The van der Waals surface area contributed by atoms with E-state index in [9.17, 15) is 19.5 Å². The molecule has 9 atom stereocenters. The molecule has 8 heteroatoms. The topological polar surface area (TPSA) is 83.9 Å². The first-order chi connectivity index (χ1) is 18.4. The molecular weight excluding hydrogens is 504 g/mol. The van der Waals surface area contributed by atoms with Gasteiger partial charge in [0, 0.05) is 37.0 Å². The smallest absolute Gasteiger partial charge is 0.303 e. The quantitative estimate of drug-likeness (QED) is 0.579. The van der Waals surface area contributed by atoms with Gasteiger partial charge in [-0.25, -0.2) is 8.78 Å². The third kappa shape index (κ3) is 3.30. The highest BCUT2D eigenvalue weighted by atomic mass is 19.1. The Balaban J connectivity index is 1.45. The summed E-state index contributed by atoms with van der Waals surface area (Å²) in [5.41, 5.74) is -4.47. The number of ketones is 2. The van der Waals surface area contributed by atoms with Crippen LogP contribution in [0.1, 0.15) is 40.0 Å². The van der Waals surface area contributed by atoms with Crippen molar-refractivity contribution in [2.24, 2.45) is 34.0 Å². The number of Topliss-reactive ketones (excluding diaryl/α,β-unsaturated/α-hetero) is 1. The first kappa shape index (κ1) is 26.4. The maximum atomic E-state index is 17.6. The van der Waals surface area contributed by atoms with Crippen molar-refractivity contribution in [3.05, 3.63) is 54.1 Å². The maximum absolute atomic E-state index is 17.6. The number of esters is 1. The number of nitrogens with zero attached hydrogens (tertiary/aromatic N) is 1. The Morgan fingerprint density at radius 3 is 2.56 bits per heavy atom. The summed E-state index contributed by atoms with van der Waals surface area (Å²) in [4.78, 5) is 40.0. The van der Waals surface area contributed by atoms with Crippen molar-refractivity contribution < 1.29 is 33.0 Å². The van der Waals surface area contributed by atoms with Gasteiger partial charge in [0.15, 0.2) is 23.8 Å². The van der Waals surface area contributed by atoms with Crippen LogP contribution in [0.3, 0.4) is 0 Å². The Morgan fingerprint density at radius 2 is 1.87 bits per heavy atom. The second-order valence-electron chi connectivity index (χ2n) is 12.7. The lowest BCUT2D eigenvalue weighted by atomic mass is 9.43. The molecule has 6 nitrogen and oxygen atoms in total. The SMILES string of the molecule is CC(=O)OCC(=O)[C@@]12CN(c3ccccc3)C[C@@H]1C[C@H]1[C@@H]3C[C@H](F)C4=CC(=O)C=C[C@]4(C)[C@@]3(F)[C@@H](O)C[C@@]12C. The van der Waals surface area contributed by atoms with E-state index in [-0.39, 0.29) is 48.4 Å². The number of fused-ring (bicyclic) bond motifs is 7. The normalized spacial score (nSPS) is 44.2. The summed E-state index contributed by atoms with van der Waals surface area (Å²) in [6, 6.07) is 9.74. The van der Waals surface area contributed by atoms with Gasteiger partial charge in [-0.3, -0.25) is 14.4 Å². The van der Waals surface area contributed by atoms with Crippen molar-refractivity contribution in [3.63, 3.8) is 0 Å². The predicted octanol–water partition coefficient (Wildman–Crippen LogP) is 4.17. The molecule has 208 valence electrons. The molecule has 0 radical (unpaired) electrons. The minimum Gasteiger partial charge on any atom is -0.458 e. The van der Waals surface area contributed by atoms with Gasteiger partial charge in [0.25, 0.3) is 0 Å². The van der Waals surface area contributed by atoms with E-state index in [4.69, 9.17) is 4.74 Å². The lowest BCUT2D eigenvalue weighted by Gasteiger charge is -2.63. The molecule has 1 heterocycles. The molecular formula is C31H35F2NO5. The van der Waals surface area contributed by atoms with Crippen molar-refractivity contribution >= 4 is 23.2 Å². The van der Waals surface area contributed by atoms with Crippen molar-refractivity contribution in [1.29, 1.82) is 0 Å². The van der Waals surface area contributed by atoms with Crippen LogP contribution in [0.2, 0.25) is 0 Å². The summed E-state index contributed by atoms with van der Waals surface area (Å²) in [5.74, 6) is -2.58. The molecule has 4 aliphatic carbocycles. The largest absolute Gasteiger partial charge is 0.458 e. The number of anilines is 1. The van der Waals surface area contributed by atoms with Crippen molar-refractivity contribution in [2.45, 2.75) is 58.0 Å². The van der Waals surface area contributed by atoms with Crippen LogP contribution in [0.15, 0.2) is 54.1 Å². The number of allylic oxidation sites excluding steroid dienone is 4. The zero-order valence-corrected chi connectivity index (χ0v) is 22.5. The number of carbonyl (C=O) groups is 3. The Kier molecular flexibility index (Phi) is 5.79. The van der Waals surface area contributed by atoms with Gasteiger partial charge in [-0.05, 0) is 73.3 Å². The number of aliphatic hydroxyl groups excluding tert-OH is 1. The molecule has 1 aromatic rings. The zero-order valence-electron chi connectivity index (χ0n) is 22.5. The average Bonchev–Trinajstić information content (AvgIpc) is 3.40. The van der Waals surface area contributed by atoms with E-state index in [0.717, 1.165) is 5.69 Å². The number of hydrogen-bond acceptors (Lipinski definition) is 6. The number of halogens is 2. The van der Waals surface area contributed by atoms with Crippen LogP contribution in [0.4, 0.5) is 14.5 Å². The van der Waals surface area contributed by atoms with Crippen LogP contribution in [-0.4, -0.2) is 60.3 Å². The fraction of sp³-hybridized carbons (Fsp3) is 0.581. The lowest BCUT2D eigenvalue weighted by molar-refractivity contribution is -0.211. The molecule has 0 unspecified atom stereocenters. The second kappa shape index (κ2) is 8.56. The number of ether oxygens (including phenoxy) is 1. The number of hydrogen-bond donors (Lipinski definition) is 1. The van der Waals surface area contributed by atoms with Gasteiger partial charge in [-0.2, -0.15) is 0 Å². The van der Waals surface area contributed by atoms with Crippen molar-refractivity contribution in [2.75, 3.05) is 24.6 Å². The summed E-state index contributed by atoms with van der Waals surface area (Å²) in [5, 5.41) is 11.7. The van der Waals surface area contributed by atoms with Crippen LogP contribution >= 0.6 is 0 Å². The van der Waals surface area contributed by atoms with E-state index in [1.165, 1.54) is 25.2 Å². The Bertz CT molecular complexity index is 1300. The molecule has 0 aromatic heterocycles. The minimum absolute atomic E-state index is 0.0111. The van der Waals surface area contributed by atoms with E-state index in [0.29, 0.717) is 19.5 Å². The van der Waals surface area contributed by atoms with Crippen LogP contribution in [0, 0.1) is 34.0 Å². The van der Waals surface area contributed by atoms with Gasteiger partial charge in [0.1, 0.15) is 6.17 Å². The summed E-state index contributed by atoms with van der Waals surface area (Å²) in [6.07, 6.45) is 1.24. The number of para-hydroxylation sites is 1. The third-order valence-electron chi connectivity index (χ3n) is 11.2. The van der Waals surface area contributed by atoms with Crippen LogP contribution in [0.5, 0.6) is 0 Å². The van der Waals surface area contributed by atoms with Gasteiger partial charge in [0.05, 0.1) is 11.5 Å². The summed E-state index contributed by atoms with van der Waals surface area (Å²) in [7, 11) is 0. The maximum Gasteiger partial charge on any atom is 0.303 e. The molecule has 3 saturated carbocycles. The summed E-state index contributed by atoms with van der Waals surface area (Å²) >= 11 is 0. The molecule has 1 N–H and O–H groups in total. The molecule has 1 aliphatic heterocycles. The standard InChI is InChI=1S/C31H35F2NO5/c1-18(35)39-16-27(38)30-17-34(20-7-5-4-6-8-20)15-19(30)11-22-23-13-25(32)24-12-21(36)9-10-28(24,2)31(23,33)26(37)14-29(22,30)3/h4-10,12,19,22-23,25-26,37H,11,13-17H2,1-3H3/t19-,22-,23-,25-,26-,28-,29-,30+,31-/m0/s1. The van der Waals surface area contributed by atoms with E-state index in [1.54, 1.807) is 6.92 Å².